The maximum Gasteiger partial charge on any atom is -1.00 e. The summed E-state index contributed by atoms with van der Waals surface area (Å²) in [6.45, 7) is 38.3. The van der Waals surface area contributed by atoms with Crippen molar-refractivity contribution in [1.29, 1.82) is 0 Å². The van der Waals surface area contributed by atoms with Crippen molar-refractivity contribution >= 4 is 26.4 Å². The number of unbranched alkanes of at least 4 members (excludes halogenated alkanes) is 1. The molecule has 322 valence electrons. The molecule has 4 aromatic rings. The van der Waals surface area contributed by atoms with Crippen LogP contribution < -0.4 is 24.8 Å². The molecule has 0 bridgehead atoms. The average molecular weight is 964 g/mol. The molecule has 60 heavy (non-hydrogen) atoms. The van der Waals surface area contributed by atoms with E-state index in [1.807, 2.05) is 12.1 Å². The van der Waals surface area contributed by atoms with Crippen LogP contribution >= 0.6 is 23.2 Å². The number of benzene rings is 4. The van der Waals surface area contributed by atoms with Crippen LogP contribution in [0.25, 0.3) is 11.1 Å². The summed E-state index contributed by atoms with van der Waals surface area (Å²) in [5.41, 5.74) is 15.7. The number of hydrogen-bond acceptors (Lipinski definition) is 0. The molecule has 0 saturated heterocycles. The molecular formula is C55H70Cl4Zr. The molecule has 1 atom stereocenters. The van der Waals surface area contributed by atoms with Crippen molar-refractivity contribution in [3.63, 3.8) is 0 Å². The van der Waals surface area contributed by atoms with Crippen LogP contribution in [0.4, 0.5) is 0 Å². The molecule has 0 heterocycles. The molecule has 0 spiro atoms. The average Bonchev–Trinajstić information content (AvgIpc) is 3.66. The van der Waals surface area contributed by atoms with Gasteiger partial charge in [-0.3, -0.25) is 0 Å². The monoisotopic (exact) mass is 960 g/mol. The van der Waals surface area contributed by atoms with E-state index < -0.39 is 21.3 Å². The fraction of sp³-hybridized carbons (Fsp3) is 0.473. The molecule has 5 heteroatoms. The second-order valence-corrected chi connectivity index (χ2v) is 29.4. The van der Waals surface area contributed by atoms with E-state index in [0.29, 0.717) is 5.92 Å². The molecule has 0 nitrogen and oxygen atoms in total. The van der Waals surface area contributed by atoms with Crippen LogP contribution in [0.3, 0.4) is 0 Å². The van der Waals surface area contributed by atoms with Gasteiger partial charge >= 0.3 is 374 Å². The Morgan fingerprint density at radius 3 is 1.30 bits per heavy atom. The fourth-order valence-corrected chi connectivity index (χ4v) is 19.3. The fourth-order valence-electron chi connectivity index (χ4n) is 9.39. The summed E-state index contributed by atoms with van der Waals surface area (Å²) in [6, 6.07) is 28.1. The molecule has 0 aromatic heterocycles. The van der Waals surface area contributed by atoms with E-state index >= 15 is 0 Å². The Morgan fingerprint density at radius 1 is 0.550 bits per heavy atom. The molecule has 2 aliphatic carbocycles. The number of allylic oxidation sites excluding steroid dienone is 4. The predicted octanol–water partition coefficient (Wildman–Crippen LogP) is 10.8. The summed E-state index contributed by atoms with van der Waals surface area (Å²) in [7, 11) is 0. The SMILES string of the molecule is CCCCC1C=C(C(C)(C)C)C=[C]1[Zr+2](=[C](c1cccc(Cl)c1)c1cccc(Cl)c1)[CH]1c2cc(C(C)(C)C)c(C(C)(C)C)cc2-c2cc(C(C)(C)C)c(C(C)(C)C)cc21.[Cl-].[Cl-]. The van der Waals surface area contributed by atoms with Gasteiger partial charge in [0.15, 0.2) is 0 Å². The van der Waals surface area contributed by atoms with Gasteiger partial charge in [0, 0.05) is 0 Å². The zero-order valence-electron chi connectivity index (χ0n) is 39.4. The summed E-state index contributed by atoms with van der Waals surface area (Å²) in [6.07, 6.45) is 8.93. The molecule has 0 saturated carbocycles. The van der Waals surface area contributed by atoms with Gasteiger partial charge in [0.05, 0.1) is 0 Å². The predicted molar refractivity (Wildman–Crippen MR) is 253 cm³/mol. The maximum atomic E-state index is 6.99. The minimum atomic E-state index is -3.24. The van der Waals surface area contributed by atoms with Crippen molar-refractivity contribution in [3.05, 3.63) is 148 Å². The van der Waals surface area contributed by atoms with E-state index in [2.05, 4.69) is 184 Å². The van der Waals surface area contributed by atoms with Crippen LogP contribution in [0.1, 0.15) is 178 Å². The van der Waals surface area contributed by atoms with Crippen molar-refractivity contribution in [2.24, 2.45) is 11.3 Å². The van der Waals surface area contributed by atoms with Gasteiger partial charge in [0.2, 0.25) is 0 Å². The Labute approximate surface area is 395 Å². The van der Waals surface area contributed by atoms with Crippen LogP contribution in [-0.4, -0.2) is 3.21 Å². The summed E-state index contributed by atoms with van der Waals surface area (Å²) in [5.74, 6) is 0.399. The van der Waals surface area contributed by atoms with Crippen molar-refractivity contribution < 1.29 is 46.1 Å². The molecular weight excluding hydrogens is 894 g/mol. The normalized spacial score (nSPS) is 15.6. The zero-order chi connectivity index (χ0) is 42.9. The second kappa shape index (κ2) is 18.4. The van der Waals surface area contributed by atoms with Gasteiger partial charge in [-0.2, -0.15) is 0 Å². The van der Waals surface area contributed by atoms with Crippen molar-refractivity contribution in [2.45, 2.75) is 155 Å². The van der Waals surface area contributed by atoms with Crippen molar-refractivity contribution in [1.82, 2.24) is 0 Å². The summed E-state index contributed by atoms with van der Waals surface area (Å²) < 4.78 is 3.43. The Hall–Kier alpha value is -1.73. The van der Waals surface area contributed by atoms with Gasteiger partial charge in [0.25, 0.3) is 0 Å². The molecule has 2 aliphatic rings. The first-order chi connectivity index (χ1) is 26.7. The Balaban J connectivity index is 0.00000397. The molecule has 0 aliphatic heterocycles. The summed E-state index contributed by atoms with van der Waals surface area (Å²) in [4.78, 5) is 0. The molecule has 0 N–H and O–H groups in total. The number of halogens is 4. The van der Waals surface area contributed by atoms with Crippen LogP contribution in [0, 0.1) is 11.3 Å². The van der Waals surface area contributed by atoms with E-state index in [1.165, 1.54) is 83.7 Å². The number of rotatable bonds is 7. The standard InChI is InChI=1S/C29H41.C13H8Cl2.C13H21.2ClH.Zr/c1-26(2,3)22-14-18-13-19-15-23(27(4,5)6)25(29(10,11)12)17-21(19)20(18)16-24(22)28(7,8)9;14-12-5-1-3-10(8-12)7-11-4-2-6-13(15)9-11;1-5-6-7-11-8-9-12(10-11)13(2,3)4;;;/h13-17H,1-12H3;1-6,8-9H;9-11H,5-7H2,1-4H3;2*1H;/q;;;;;+2/p-2. The van der Waals surface area contributed by atoms with Crippen LogP contribution in [0.2, 0.25) is 10.0 Å². The first-order valence-corrected chi connectivity index (χ1v) is 26.4. The summed E-state index contributed by atoms with van der Waals surface area (Å²) in [5, 5.41) is 1.55. The Morgan fingerprint density at radius 2 is 0.950 bits per heavy atom. The minimum Gasteiger partial charge on any atom is -1.00 e. The first-order valence-electron chi connectivity index (χ1n) is 21.8. The van der Waals surface area contributed by atoms with Crippen LogP contribution in [0.15, 0.2) is 93.8 Å². The zero-order valence-corrected chi connectivity index (χ0v) is 44.9. The van der Waals surface area contributed by atoms with Gasteiger partial charge in [-0.1, -0.05) is 0 Å². The third-order valence-electron chi connectivity index (χ3n) is 12.4. The van der Waals surface area contributed by atoms with Gasteiger partial charge in [-0.25, -0.2) is 0 Å². The summed E-state index contributed by atoms with van der Waals surface area (Å²) >= 11 is 10.7. The van der Waals surface area contributed by atoms with Gasteiger partial charge in [-0.05, 0) is 0 Å². The first kappa shape index (κ1) is 50.9. The largest absolute Gasteiger partial charge is 1.00 e. The minimum absolute atomic E-state index is 0. The van der Waals surface area contributed by atoms with Crippen LogP contribution in [-0.2, 0) is 42.9 Å². The molecule has 6 rings (SSSR count). The van der Waals surface area contributed by atoms with Gasteiger partial charge < -0.3 is 24.8 Å². The quantitative estimate of drug-likeness (QED) is 0.173. The van der Waals surface area contributed by atoms with Crippen LogP contribution in [0.5, 0.6) is 0 Å². The maximum absolute atomic E-state index is 6.99. The number of hydrogen-bond donors (Lipinski definition) is 0. The van der Waals surface area contributed by atoms with E-state index in [1.54, 1.807) is 3.28 Å². The molecule has 0 amide bonds. The van der Waals surface area contributed by atoms with E-state index in [-0.39, 0.29) is 55.5 Å². The Kier molecular flexibility index (Phi) is 15.6. The van der Waals surface area contributed by atoms with Crippen molar-refractivity contribution in [3.8, 4) is 11.1 Å². The molecule has 4 aromatic carbocycles. The molecule has 0 radical (unpaired) electrons. The van der Waals surface area contributed by atoms with Gasteiger partial charge in [0.1, 0.15) is 0 Å². The van der Waals surface area contributed by atoms with E-state index in [0.717, 1.165) is 10.0 Å². The molecule has 0 fully saturated rings. The van der Waals surface area contributed by atoms with E-state index in [9.17, 15) is 0 Å². The van der Waals surface area contributed by atoms with E-state index in [4.69, 9.17) is 23.2 Å². The Bertz CT molecular complexity index is 2190. The third-order valence-corrected chi connectivity index (χ3v) is 21.4. The van der Waals surface area contributed by atoms with Crippen molar-refractivity contribution in [2.75, 3.05) is 0 Å². The van der Waals surface area contributed by atoms with Gasteiger partial charge in [-0.15, -0.1) is 0 Å². The topological polar surface area (TPSA) is 0 Å². The smallest absolute Gasteiger partial charge is 1.00 e. The number of fused-ring (bicyclic) bond motifs is 3. The second-order valence-electron chi connectivity index (χ2n) is 22.4. The third kappa shape index (κ3) is 10.4. The molecule has 1 unspecified atom stereocenters.